The summed E-state index contributed by atoms with van der Waals surface area (Å²) in [6.07, 6.45) is 5.24. The highest BCUT2D eigenvalue weighted by Gasteiger charge is 2.32. The normalized spacial score (nSPS) is 22.5. The van der Waals surface area contributed by atoms with Crippen LogP contribution in [-0.4, -0.2) is 29.8 Å². The van der Waals surface area contributed by atoms with E-state index < -0.39 is 0 Å². The third-order valence-electron chi connectivity index (χ3n) is 3.32. The van der Waals surface area contributed by atoms with Crippen LogP contribution < -0.4 is 0 Å². The van der Waals surface area contributed by atoms with Gasteiger partial charge in [0.25, 0.3) is 0 Å². The molecular formula is C12H20ClNO. The molecular weight excluding hydrogens is 210 g/mol. The van der Waals surface area contributed by atoms with Crippen LogP contribution in [0.4, 0.5) is 0 Å². The fourth-order valence-electron chi connectivity index (χ4n) is 1.86. The lowest BCUT2D eigenvalue weighted by molar-refractivity contribution is -0.134. The van der Waals surface area contributed by atoms with E-state index in [1.807, 2.05) is 6.92 Å². The molecule has 0 aromatic carbocycles. The first kappa shape index (κ1) is 11.3. The Morgan fingerprint density at radius 1 is 1.27 bits per heavy atom. The topological polar surface area (TPSA) is 20.3 Å². The van der Waals surface area contributed by atoms with E-state index in [1.54, 1.807) is 0 Å². The summed E-state index contributed by atoms with van der Waals surface area (Å²) in [5.74, 6) is 2.28. The third-order valence-corrected chi connectivity index (χ3v) is 3.78. The minimum absolute atomic E-state index is 0.0100. The van der Waals surface area contributed by atoms with E-state index in [0.29, 0.717) is 5.88 Å². The molecule has 2 aliphatic carbocycles. The molecule has 0 saturated heterocycles. The van der Waals surface area contributed by atoms with Crippen LogP contribution in [0.15, 0.2) is 0 Å². The zero-order valence-corrected chi connectivity index (χ0v) is 10.2. The van der Waals surface area contributed by atoms with Gasteiger partial charge in [0, 0.05) is 24.9 Å². The second kappa shape index (κ2) is 4.73. The summed E-state index contributed by atoms with van der Waals surface area (Å²) < 4.78 is 0. The second-order valence-corrected chi connectivity index (χ2v) is 5.49. The third kappa shape index (κ3) is 3.37. The first-order chi connectivity index (χ1) is 7.20. The lowest BCUT2D eigenvalue weighted by Gasteiger charge is -2.25. The van der Waals surface area contributed by atoms with E-state index >= 15 is 0 Å². The number of carbonyl (C=O) groups is 1. The van der Waals surface area contributed by atoms with Crippen molar-refractivity contribution in [3.05, 3.63) is 0 Å². The predicted molar refractivity (Wildman–Crippen MR) is 61.9 cm³/mol. The Morgan fingerprint density at radius 3 is 2.07 bits per heavy atom. The number of alkyl halides is 1. The molecule has 0 aromatic heterocycles. The van der Waals surface area contributed by atoms with Crippen molar-refractivity contribution in [2.45, 2.75) is 32.6 Å². The van der Waals surface area contributed by atoms with Crippen LogP contribution in [0.3, 0.4) is 0 Å². The SMILES string of the molecule is CC(CCl)C(=O)N(CC1CC1)CC1CC1. The molecule has 0 aliphatic heterocycles. The summed E-state index contributed by atoms with van der Waals surface area (Å²) in [6.45, 7) is 3.90. The Labute approximate surface area is 97.0 Å². The Kier molecular flexibility index (Phi) is 3.55. The van der Waals surface area contributed by atoms with Gasteiger partial charge in [-0.1, -0.05) is 6.92 Å². The molecule has 1 atom stereocenters. The van der Waals surface area contributed by atoms with Crippen molar-refractivity contribution < 1.29 is 4.79 Å². The van der Waals surface area contributed by atoms with Crippen molar-refractivity contribution in [2.75, 3.05) is 19.0 Å². The van der Waals surface area contributed by atoms with Crippen LogP contribution in [0, 0.1) is 17.8 Å². The van der Waals surface area contributed by atoms with Crippen molar-refractivity contribution >= 4 is 17.5 Å². The Balaban J connectivity index is 1.86. The van der Waals surface area contributed by atoms with Gasteiger partial charge in [-0.25, -0.2) is 0 Å². The maximum Gasteiger partial charge on any atom is 0.226 e. The van der Waals surface area contributed by atoms with Crippen molar-refractivity contribution in [2.24, 2.45) is 17.8 Å². The average Bonchev–Trinajstić information content (AvgIpc) is 3.08. The molecule has 2 saturated carbocycles. The van der Waals surface area contributed by atoms with Gasteiger partial charge < -0.3 is 4.90 Å². The predicted octanol–water partition coefficient (Wildman–Crippen LogP) is 2.51. The quantitative estimate of drug-likeness (QED) is 0.641. The molecule has 86 valence electrons. The van der Waals surface area contributed by atoms with Gasteiger partial charge in [-0.3, -0.25) is 4.79 Å². The molecule has 3 heteroatoms. The molecule has 2 nitrogen and oxygen atoms in total. The van der Waals surface area contributed by atoms with Crippen LogP contribution in [0.25, 0.3) is 0 Å². The Morgan fingerprint density at radius 2 is 1.73 bits per heavy atom. The van der Waals surface area contributed by atoms with Crippen LogP contribution in [0.2, 0.25) is 0 Å². The molecule has 2 aliphatic rings. The first-order valence-electron chi connectivity index (χ1n) is 6.05. The van der Waals surface area contributed by atoms with Gasteiger partial charge in [-0.2, -0.15) is 0 Å². The minimum Gasteiger partial charge on any atom is -0.342 e. The van der Waals surface area contributed by atoms with E-state index in [9.17, 15) is 4.79 Å². The maximum atomic E-state index is 12.0. The van der Waals surface area contributed by atoms with Crippen LogP contribution in [0.1, 0.15) is 32.6 Å². The summed E-state index contributed by atoms with van der Waals surface area (Å²) in [7, 11) is 0. The number of hydrogen-bond donors (Lipinski definition) is 0. The van der Waals surface area contributed by atoms with Crippen LogP contribution in [0.5, 0.6) is 0 Å². The fourth-order valence-corrected chi connectivity index (χ4v) is 1.99. The Hall–Kier alpha value is -0.240. The molecule has 0 bridgehead atoms. The molecule has 0 aromatic rings. The highest BCUT2D eigenvalue weighted by atomic mass is 35.5. The summed E-state index contributed by atoms with van der Waals surface area (Å²) in [6, 6.07) is 0. The largest absolute Gasteiger partial charge is 0.342 e. The molecule has 0 heterocycles. The van der Waals surface area contributed by atoms with Gasteiger partial charge >= 0.3 is 0 Å². The number of halogens is 1. The standard InChI is InChI=1S/C12H20ClNO/c1-9(6-13)12(15)14(7-10-2-3-10)8-11-4-5-11/h9-11H,2-8H2,1H3. The number of carbonyl (C=O) groups excluding carboxylic acids is 1. The number of nitrogens with zero attached hydrogens (tertiary/aromatic N) is 1. The minimum atomic E-state index is -0.0100. The van der Waals surface area contributed by atoms with Crippen molar-refractivity contribution in [1.82, 2.24) is 4.90 Å². The molecule has 15 heavy (non-hydrogen) atoms. The average molecular weight is 230 g/mol. The zero-order chi connectivity index (χ0) is 10.8. The summed E-state index contributed by atoms with van der Waals surface area (Å²) in [5, 5.41) is 0. The smallest absolute Gasteiger partial charge is 0.226 e. The number of amides is 1. The highest BCUT2D eigenvalue weighted by molar-refractivity contribution is 6.19. The Bertz CT molecular complexity index is 222. The van der Waals surface area contributed by atoms with E-state index in [-0.39, 0.29) is 11.8 Å². The molecule has 1 unspecified atom stereocenters. The summed E-state index contributed by atoms with van der Waals surface area (Å²) in [5.41, 5.74) is 0. The van der Waals surface area contributed by atoms with Gasteiger partial charge in [0.05, 0.1) is 0 Å². The van der Waals surface area contributed by atoms with E-state index in [1.165, 1.54) is 25.7 Å². The van der Waals surface area contributed by atoms with Gasteiger partial charge in [0.15, 0.2) is 0 Å². The molecule has 0 spiro atoms. The van der Waals surface area contributed by atoms with Crippen molar-refractivity contribution in [3.8, 4) is 0 Å². The maximum absolute atomic E-state index is 12.0. The number of rotatable bonds is 6. The highest BCUT2D eigenvalue weighted by Crippen LogP contribution is 2.34. The molecule has 0 N–H and O–H groups in total. The van der Waals surface area contributed by atoms with Gasteiger partial charge in [0.2, 0.25) is 5.91 Å². The van der Waals surface area contributed by atoms with Gasteiger partial charge in [-0.15, -0.1) is 11.6 Å². The lowest BCUT2D eigenvalue weighted by atomic mass is 10.1. The summed E-state index contributed by atoms with van der Waals surface area (Å²) in [4.78, 5) is 14.1. The van der Waals surface area contributed by atoms with Crippen molar-refractivity contribution in [3.63, 3.8) is 0 Å². The first-order valence-corrected chi connectivity index (χ1v) is 6.59. The monoisotopic (exact) mass is 229 g/mol. The molecule has 2 rings (SSSR count). The zero-order valence-electron chi connectivity index (χ0n) is 9.42. The van der Waals surface area contributed by atoms with Gasteiger partial charge in [-0.05, 0) is 37.5 Å². The molecule has 1 amide bonds. The van der Waals surface area contributed by atoms with E-state index in [2.05, 4.69) is 4.90 Å². The second-order valence-electron chi connectivity index (χ2n) is 5.19. The van der Waals surface area contributed by atoms with Crippen LogP contribution in [-0.2, 0) is 4.79 Å². The molecule has 2 fully saturated rings. The van der Waals surface area contributed by atoms with E-state index in [0.717, 1.165) is 24.9 Å². The van der Waals surface area contributed by atoms with Gasteiger partial charge in [0.1, 0.15) is 0 Å². The van der Waals surface area contributed by atoms with Crippen LogP contribution >= 0.6 is 11.6 Å². The lowest BCUT2D eigenvalue weighted by Crippen LogP contribution is -2.38. The summed E-state index contributed by atoms with van der Waals surface area (Å²) >= 11 is 5.75. The molecule has 0 radical (unpaired) electrons. The number of hydrogen-bond acceptors (Lipinski definition) is 1. The fraction of sp³-hybridized carbons (Fsp3) is 0.917. The van der Waals surface area contributed by atoms with Crippen molar-refractivity contribution in [1.29, 1.82) is 0 Å². The van der Waals surface area contributed by atoms with E-state index in [4.69, 9.17) is 11.6 Å².